The average Bonchev–Trinajstić information content (AvgIpc) is 2.27. The van der Waals surface area contributed by atoms with Gasteiger partial charge in [0.15, 0.2) is 0 Å². The molecule has 1 N–H and O–H groups in total. The number of sulfonamides is 1. The normalized spacial score (nSPS) is 13.6. The van der Waals surface area contributed by atoms with Crippen molar-refractivity contribution in [2.75, 3.05) is 14.1 Å². The maximum Gasteiger partial charge on any atom is 0.310 e. The average molecular weight is 257 g/mol. The molecule has 1 unspecified atom stereocenters. The van der Waals surface area contributed by atoms with E-state index in [-0.39, 0.29) is 4.90 Å². The number of aliphatic carboxylic acids is 1. The predicted molar refractivity (Wildman–Crippen MR) is 63.4 cm³/mol. The third-order valence-electron chi connectivity index (χ3n) is 2.51. The Bertz CT molecular complexity index is 522. The fraction of sp³-hybridized carbons (Fsp3) is 0.364. The van der Waals surface area contributed by atoms with Crippen LogP contribution in [0.1, 0.15) is 18.4 Å². The van der Waals surface area contributed by atoms with Crippen molar-refractivity contribution in [3.8, 4) is 0 Å². The van der Waals surface area contributed by atoms with Crippen molar-refractivity contribution in [3.05, 3.63) is 29.8 Å². The Balaban J connectivity index is 3.42. The Kier molecular flexibility index (Phi) is 3.90. The molecule has 0 amide bonds. The molecule has 1 aromatic rings. The van der Waals surface area contributed by atoms with Crippen molar-refractivity contribution in [2.45, 2.75) is 17.7 Å². The Hall–Kier alpha value is -1.40. The fourth-order valence-corrected chi connectivity index (χ4v) is 2.59. The summed E-state index contributed by atoms with van der Waals surface area (Å²) in [6.07, 6.45) is 0. The van der Waals surface area contributed by atoms with Gasteiger partial charge in [0.05, 0.1) is 10.8 Å². The van der Waals surface area contributed by atoms with E-state index in [1.165, 1.54) is 33.2 Å². The fourth-order valence-electron chi connectivity index (χ4n) is 1.40. The second-order valence-electron chi connectivity index (χ2n) is 3.89. The lowest BCUT2D eigenvalue weighted by molar-refractivity contribution is -0.138. The predicted octanol–water partition coefficient (Wildman–Crippen LogP) is 1.12. The van der Waals surface area contributed by atoms with Crippen LogP contribution in [0.5, 0.6) is 0 Å². The maximum atomic E-state index is 12.0. The molecular formula is C11H15NO4S. The van der Waals surface area contributed by atoms with Crippen molar-refractivity contribution in [3.63, 3.8) is 0 Å². The zero-order valence-corrected chi connectivity index (χ0v) is 10.7. The highest BCUT2D eigenvalue weighted by Gasteiger charge is 2.25. The van der Waals surface area contributed by atoms with Gasteiger partial charge in [-0.3, -0.25) is 4.79 Å². The quantitative estimate of drug-likeness (QED) is 0.877. The number of hydrogen-bond donors (Lipinski definition) is 1. The summed E-state index contributed by atoms with van der Waals surface area (Å²) >= 11 is 0. The van der Waals surface area contributed by atoms with Crippen LogP contribution in [0.15, 0.2) is 29.2 Å². The van der Waals surface area contributed by atoms with Gasteiger partial charge in [0, 0.05) is 14.1 Å². The summed E-state index contributed by atoms with van der Waals surface area (Å²) in [5.41, 5.74) is 0.300. The first kappa shape index (κ1) is 13.7. The van der Waals surface area contributed by atoms with Crippen LogP contribution in [0.2, 0.25) is 0 Å². The number of benzene rings is 1. The monoisotopic (exact) mass is 257 g/mol. The molecule has 0 fully saturated rings. The maximum absolute atomic E-state index is 12.0. The van der Waals surface area contributed by atoms with Gasteiger partial charge in [-0.1, -0.05) is 18.2 Å². The molecule has 0 radical (unpaired) electrons. The van der Waals surface area contributed by atoms with Crippen LogP contribution < -0.4 is 0 Å². The Morgan fingerprint density at radius 1 is 1.29 bits per heavy atom. The second-order valence-corrected chi connectivity index (χ2v) is 6.01. The van der Waals surface area contributed by atoms with Crippen LogP contribution in [-0.2, 0) is 14.8 Å². The van der Waals surface area contributed by atoms with Crippen molar-refractivity contribution < 1.29 is 18.3 Å². The first-order chi connectivity index (χ1) is 7.78. The van der Waals surface area contributed by atoms with E-state index in [0.29, 0.717) is 5.56 Å². The Labute approximate surface area is 101 Å². The molecule has 0 aliphatic heterocycles. The van der Waals surface area contributed by atoms with Crippen molar-refractivity contribution in [1.82, 2.24) is 4.31 Å². The van der Waals surface area contributed by atoms with E-state index in [9.17, 15) is 13.2 Å². The number of hydrogen-bond acceptors (Lipinski definition) is 3. The SMILES string of the molecule is CC(C(=O)O)c1ccccc1S(=O)(=O)N(C)C. The van der Waals surface area contributed by atoms with Gasteiger partial charge >= 0.3 is 5.97 Å². The Morgan fingerprint density at radius 3 is 2.29 bits per heavy atom. The largest absolute Gasteiger partial charge is 0.481 e. The molecule has 0 saturated heterocycles. The third kappa shape index (κ3) is 2.65. The molecule has 0 spiro atoms. The molecule has 0 saturated carbocycles. The molecule has 0 bridgehead atoms. The first-order valence-electron chi connectivity index (χ1n) is 5.02. The molecule has 0 aliphatic rings. The number of carboxylic acid groups (broad SMARTS) is 1. The summed E-state index contributed by atoms with van der Waals surface area (Å²) in [5.74, 6) is -1.91. The van der Waals surface area contributed by atoms with E-state index in [1.54, 1.807) is 12.1 Å². The van der Waals surface area contributed by atoms with Gasteiger partial charge in [0.1, 0.15) is 0 Å². The molecule has 1 rings (SSSR count). The van der Waals surface area contributed by atoms with E-state index in [2.05, 4.69) is 0 Å². The molecule has 0 aliphatic carbocycles. The standard InChI is InChI=1S/C11H15NO4S/c1-8(11(13)14)9-6-4-5-7-10(9)17(15,16)12(2)3/h4-8H,1-3H3,(H,13,14). The number of carbonyl (C=O) groups is 1. The minimum atomic E-state index is -3.62. The topological polar surface area (TPSA) is 74.7 Å². The van der Waals surface area contributed by atoms with Crippen LogP contribution in [0, 0.1) is 0 Å². The van der Waals surface area contributed by atoms with Gasteiger partial charge in [-0.2, -0.15) is 0 Å². The Morgan fingerprint density at radius 2 is 1.82 bits per heavy atom. The van der Waals surface area contributed by atoms with E-state index < -0.39 is 21.9 Å². The zero-order valence-electron chi connectivity index (χ0n) is 9.91. The minimum Gasteiger partial charge on any atom is -0.481 e. The van der Waals surface area contributed by atoms with Crippen molar-refractivity contribution in [2.24, 2.45) is 0 Å². The van der Waals surface area contributed by atoms with Gasteiger partial charge in [-0.05, 0) is 18.6 Å². The molecule has 0 aromatic heterocycles. The summed E-state index contributed by atoms with van der Waals surface area (Å²) in [7, 11) is -0.788. The van der Waals surface area contributed by atoms with Crippen LogP contribution in [0.4, 0.5) is 0 Å². The lowest BCUT2D eigenvalue weighted by atomic mass is 10.0. The highest BCUT2D eigenvalue weighted by Crippen LogP contribution is 2.25. The summed E-state index contributed by atoms with van der Waals surface area (Å²) in [6, 6.07) is 6.15. The smallest absolute Gasteiger partial charge is 0.310 e. The van der Waals surface area contributed by atoms with Crippen LogP contribution in [0.3, 0.4) is 0 Å². The van der Waals surface area contributed by atoms with Gasteiger partial charge < -0.3 is 5.11 Å². The van der Waals surface area contributed by atoms with Crippen molar-refractivity contribution in [1.29, 1.82) is 0 Å². The van der Waals surface area contributed by atoms with Crippen molar-refractivity contribution >= 4 is 16.0 Å². The van der Waals surface area contributed by atoms with Gasteiger partial charge in [-0.15, -0.1) is 0 Å². The van der Waals surface area contributed by atoms with Gasteiger partial charge in [-0.25, -0.2) is 12.7 Å². The van der Waals surface area contributed by atoms with Gasteiger partial charge in [0.2, 0.25) is 10.0 Å². The lowest BCUT2D eigenvalue weighted by Crippen LogP contribution is -2.24. The molecule has 94 valence electrons. The second kappa shape index (κ2) is 4.85. The lowest BCUT2D eigenvalue weighted by Gasteiger charge is -2.16. The highest BCUT2D eigenvalue weighted by atomic mass is 32.2. The summed E-state index contributed by atoms with van der Waals surface area (Å²) in [4.78, 5) is 11.0. The molecule has 1 atom stereocenters. The number of nitrogens with zero attached hydrogens (tertiary/aromatic N) is 1. The molecule has 6 heteroatoms. The van der Waals surface area contributed by atoms with Crippen LogP contribution in [-0.4, -0.2) is 37.9 Å². The van der Waals surface area contributed by atoms with E-state index >= 15 is 0 Å². The van der Waals surface area contributed by atoms with E-state index in [1.807, 2.05) is 0 Å². The highest BCUT2D eigenvalue weighted by molar-refractivity contribution is 7.89. The molecule has 1 aromatic carbocycles. The zero-order chi connectivity index (χ0) is 13.2. The molecule has 0 heterocycles. The summed E-state index contributed by atoms with van der Waals surface area (Å²) < 4.78 is 25.1. The van der Waals surface area contributed by atoms with E-state index in [4.69, 9.17) is 5.11 Å². The number of carboxylic acids is 1. The van der Waals surface area contributed by atoms with Crippen LogP contribution in [0.25, 0.3) is 0 Å². The van der Waals surface area contributed by atoms with Crippen LogP contribution >= 0.6 is 0 Å². The van der Waals surface area contributed by atoms with Gasteiger partial charge in [0.25, 0.3) is 0 Å². The minimum absolute atomic E-state index is 0.0416. The number of rotatable bonds is 4. The molecule has 5 nitrogen and oxygen atoms in total. The molecular weight excluding hydrogens is 242 g/mol. The molecule has 17 heavy (non-hydrogen) atoms. The third-order valence-corrected chi connectivity index (χ3v) is 4.40. The first-order valence-corrected chi connectivity index (χ1v) is 6.46. The summed E-state index contributed by atoms with van der Waals surface area (Å²) in [5, 5.41) is 8.96. The summed E-state index contributed by atoms with van der Waals surface area (Å²) in [6.45, 7) is 1.46. The van der Waals surface area contributed by atoms with E-state index in [0.717, 1.165) is 4.31 Å².